The van der Waals surface area contributed by atoms with Gasteiger partial charge in [-0.25, -0.2) is 13.2 Å². The SMILES string of the molecule is CCC(=O)N(C1CCCCC1)C(NS(=O)(=O)c1ccc2ccccc2c1)(C(=O)OC=NN)C(=O)N(C)C1CCNCC1. The van der Waals surface area contributed by atoms with Crippen LogP contribution < -0.4 is 15.9 Å². The van der Waals surface area contributed by atoms with E-state index in [0.717, 1.165) is 29.5 Å². The fourth-order valence-corrected chi connectivity index (χ4v) is 7.27. The van der Waals surface area contributed by atoms with E-state index in [1.54, 1.807) is 25.1 Å². The second-order valence-electron chi connectivity index (χ2n) is 10.8. The van der Waals surface area contributed by atoms with Crippen molar-refractivity contribution >= 4 is 45.0 Å². The van der Waals surface area contributed by atoms with Crippen molar-refractivity contribution in [3.05, 3.63) is 42.5 Å². The quantitative estimate of drug-likeness (QED) is 0.0710. The third kappa shape index (κ3) is 6.42. The number of amides is 2. The summed E-state index contributed by atoms with van der Waals surface area (Å²) in [5, 5.41) is 7.93. The maximum absolute atomic E-state index is 14.7. The Kier molecular flexibility index (Phi) is 10.2. The fourth-order valence-electron chi connectivity index (χ4n) is 5.96. The fraction of sp³-hybridized carbons (Fsp3) is 0.517. The summed E-state index contributed by atoms with van der Waals surface area (Å²) in [4.78, 5) is 44.9. The summed E-state index contributed by atoms with van der Waals surface area (Å²) in [7, 11) is -3.07. The molecule has 42 heavy (non-hydrogen) atoms. The lowest BCUT2D eigenvalue weighted by molar-refractivity contribution is -0.174. The zero-order valence-corrected chi connectivity index (χ0v) is 24.9. The van der Waals surface area contributed by atoms with Gasteiger partial charge in [0.15, 0.2) is 0 Å². The summed E-state index contributed by atoms with van der Waals surface area (Å²) in [6, 6.07) is 10.8. The Morgan fingerprint density at radius 2 is 1.71 bits per heavy atom. The molecule has 13 heteroatoms. The lowest BCUT2D eigenvalue weighted by Crippen LogP contribution is -2.76. The molecule has 4 rings (SSSR count). The van der Waals surface area contributed by atoms with Crippen LogP contribution in [0.15, 0.2) is 52.5 Å². The minimum absolute atomic E-state index is 0.0709. The second-order valence-corrected chi connectivity index (χ2v) is 12.5. The predicted molar refractivity (Wildman–Crippen MR) is 158 cm³/mol. The molecule has 1 atom stereocenters. The van der Waals surface area contributed by atoms with Gasteiger partial charge in [-0.1, -0.05) is 56.5 Å². The van der Waals surface area contributed by atoms with Gasteiger partial charge in [-0.3, -0.25) is 9.59 Å². The van der Waals surface area contributed by atoms with Gasteiger partial charge in [-0.05, 0) is 61.7 Å². The molecule has 1 aliphatic carbocycles. The molecule has 0 bridgehead atoms. The summed E-state index contributed by atoms with van der Waals surface area (Å²) >= 11 is 0. The zero-order chi connectivity index (χ0) is 30.3. The van der Waals surface area contributed by atoms with Crippen LogP contribution in [0.25, 0.3) is 10.8 Å². The van der Waals surface area contributed by atoms with Crippen LogP contribution >= 0.6 is 0 Å². The maximum Gasteiger partial charge on any atom is 0.365 e. The van der Waals surface area contributed by atoms with Crippen LogP contribution in [0.4, 0.5) is 0 Å². The first-order valence-electron chi connectivity index (χ1n) is 14.4. The highest BCUT2D eigenvalue weighted by molar-refractivity contribution is 7.89. The van der Waals surface area contributed by atoms with Gasteiger partial charge in [0.25, 0.3) is 11.6 Å². The lowest BCUT2D eigenvalue weighted by atomic mass is 9.90. The van der Waals surface area contributed by atoms with E-state index < -0.39 is 39.5 Å². The standard InChI is InChI=1S/C29H40N6O6S/c1-3-26(36)35(24-11-5-4-6-12-24)29(28(38)41-20-32-30,27(37)34(2)23-15-17-31-18-16-23)33-42(39,40)25-14-13-21-9-7-8-10-22(21)19-25/h7-10,13-14,19-20,23-24,31,33H,3-6,11-12,15-18,30H2,1-2H3. The Balaban J connectivity index is 1.93. The number of carbonyl (C=O) groups is 3. The molecule has 2 fully saturated rings. The summed E-state index contributed by atoms with van der Waals surface area (Å²) in [5.41, 5.74) is -2.75. The van der Waals surface area contributed by atoms with E-state index in [1.165, 1.54) is 24.1 Å². The number of nitrogens with zero attached hydrogens (tertiary/aromatic N) is 3. The number of hydrogen-bond acceptors (Lipinski definition) is 9. The van der Waals surface area contributed by atoms with Crippen molar-refractivity contribution in [3.8, 4) is 0 Å². The van der Waals surface area contributed by atoms with Crippen molar-refractivity contribution < 1.29 is 27.5 Å². The van der Waals surface area contributed by atoms with Crippen molar-refractivity contribution in [2.75, 3.05) is 20.1 Å². The van der Waals surface area contributed by atoms with Crippen molar-refractivity contribution in [2.45, 2.75) is 80.9 Å². The predicted octanol–water partition coefficient (Wildman–Crippen LogP) is 2.04. The van der Waals surface area contributed by atoms with Gasteiger partial charge in [-0.15, -0.1) is 0 Å². The number of hydrazone groups is 1. The van der Waals surface area contributed by atoms with E-state index in [-0.39, 0.29) is 17.4 Å². The molecule has 1 heterocycles. The molecule has 0 spiro atoms. The van der Waals surface area contributed by atoms with Gasteiger partial charge in [0, 0.05) is 25.6 Å². The molecular formula is C29H40N6O6S. The van der Waals surface area contributed by atoms with Crippen molar-refractivity contribution in [3.63, 3.8) is 0 Å². The van der Waals surface area contributed by atoms with Crippen LogP contribution in [0.3, 0.4) is 0 Å². The number of likely N-dealkylation sites (N-methyl/N-ethyl adjacent to an activating group) is 1. The highest BCUT2D eigenvalue weighted by atomic mass is 32.2. The molecule has 0 aromatic heterocycles. The summed E-state index contributed by atoms with van der Waals surface area (Å²) in [5.74, 6) is 2.45. The van der Waals surface area contributed by atoms with Crippen LogP contribution in [-0.4, -0.2) is 80.3 Å². The molecule has 228 valence electrons. The third-order valence-corrected chi connectivity index (χ3v) is 9.63. The number of benzene rings is 2. The van der Waals surface area contributed by atoms with Crippen molar-refractivity contribution in [1.82, 2.24) is 19.8 Å². The first kappa shape index (κ1) is 31.4. The van der Waals surface area contributed by atoms with E-state index in [9.17, 15) is 22.8 Å². The zero-order valence-electron chi connectivity index (χ0n) is 24.1. The number of sulfonamides is 1. The largest absolute Gasteiger partial charge is 0.410 e. The molecule has 1 aliphatic heterocycles. The molecule has 12 nitrogen and oxygen atoms in total. The number of nitrogens with two attached hydrogens (primary N) is 1. The molecule has 0 radical (unpaired) electrons. The Labute approximate surface area is 246 Å². The first-order valence-corrected chi connectivity index (χ1v) is 15.9. The Morgan fingerprint density at radius 3 is 2.36 bits per heavy atom. The van der Waals surface area contributed by atoms with E-state index in [2.05, 4.69) is 15.1 Å². The highest BCUT2D eigenvalue weighted by Crippen LogP contribution is 2.33. The minimum Gasteiger partial charge on any atom is -0.410 e. The topological polar surface area (TPSA) is 164 Å². The molecule has 2 amide bonds. The molecular weight excluding hydrogens is 560 g/mol. The van der Waals surface area contributed by atoms with Crippen LogP contribution in [0, 0.1) is 0 Å². The Hall–Kier alpha value is -3.55. The number of esters is 1. The van der Waals surface area contributed by atoms with E-state index in [1.807, 2.05) is 12.1 Å². The van der Waals surface area contributed by atoms with E-state index in [0.29, 0.717) is 50.6 Å². The average Bonchev–Trinajstić information content (AvgIpc) is 3.02. The third-order valence-electron chi connectivity index (χ3n) is 8.19. The first-order chi connectivity index (χ1) is 20.2. The monoisotopic (exact) mass is 600 g/mol. The number of fused-ring (bicyclic) bond motifs is 1. The number of hydrogen-bond donors (Lipinski definition) is 3. The summed E-state index contributed by atoms with van der Waals surface area (Å²) in [6.07, 6.45) is 5.15. The summed E-state index contributed by atoms with van der Waals surface area (Å²) < 4.78 is 36.0. The summed E-state index contributed by atoms with van der Waals surface area (Å²) in [6.45, 7) is 2.89. The van der Waals surface area contributed by atoms with Gasteiger partial charge < -0.3 is 25.7 Å². The van der Waals surface area contributed by atoms with Crippen molar-refractivity contribution in [1.29, 1.82) is 0 Å². The van der Waals surface area contributed by atoms with Gasteiger partial charge in [0.1, 0.15) is 0 Å². The van der Waals surface area contributed by atoms with E-state index in [4.69, 9.17) is 10.6 Å². The maximum atomic E-state index is 14.7. The molecule has 1 saturated carbocycles. The van der Waals surface area contributed by atoms with Gasteiger partial charge >= 0.3 is 5.97 Å². The molecule has 1 unspecified atom stereocenters. The second kappa shape index (κ2) is 13.6. The van der Waals surface area contributed by atoms with Gasteiger partial charge in [0.2, 0.25) is 22.3 Å². The number of ether oxygens (including phenoxy) is 1. The Bertz CT molecular complexity index is 1420. The number of rotatable bonds is 10. The number of nitrogens with one attached hydrogen (secondary N) is 2. The lowest BCUT2D eigenvalue weighted by Gasteiger charge is -2.47. The van der Waals surface area contributed by atoms with E-state index >= 15 is 0 Å². The van der Waals surface area contributed by atoms with Crippen LogP contribution in [-0.2, 0) is 29.1 Å². The molecule has 2 aromatic carbocycles. The number of carbonyl (C=O) groups excluding carboxylic acids is 3. The molecule has 1 saturated heterocycles. The normalized spacial score (nSPS) is 18.4. The molecule has 2 aliphatic rings. The van der Waals surface area contributed by atoms with Gasteiger partial charge in [0.05, 0.1) is 4.90 Å². The highest BCUT2D eigenvalue weighted by Gasteiger charge is 2.60. The van der Waals surface area contributed by atoms with Crippen LogP contribution in [0.1, 0.15) is 58.3 Å². The van der Waals surface area contributed by atoms with Crippen molar-refractivity contribution in [2.24, 2.45) is 10.9 Å². The Morgan fingerprint density at radius 1 is 1.05 bits per heavy atom. The number of piperidine rings is 1. The van der Waals surface area contributed by atoms with Gasteiger partial charge in [-0.2, -0.15) is 9.82 Å². The smallest absolute Gasteiger partial charge is 0.365 e. The minimum atomic E-state index is -4.59. The molecule has 2 aromatic rings. The average molecular weight is 601 g/mol. The van der Waals surface area contributed by atoms with Crippen LogP contribution in [0.5, 0.6) is 0 Å². The molecule has 4 N–H and O–H groups in total. The van der Waals surface area contributed by atoms with Crippen LogP contribution in [0.2, 0.25) is 0 Å².